The molecule has 0 unspecified atom stereocenters. The molecule has 0 aromatic heterocycles. The third-order valence-corrected chi connectivity index (χ3v) is 2.08. The van der Waals surface area contributed by atoms with Crippen LogP contribution in [0.4, 0.5) is 4.39 Å². The van der Waals surface area contributed by atoms with Gasteiger partial charge in [-0.15, -0.1) is 0 Å². The Labute approximate surface area is 91.0 Å². The third-order valence-electron chi connectivity index (χ3n) is 1.88. The van der Waals surface area contributed by atoms with Gasteiger partial charge in [0.15, 0.2) is 5.11 Å². The van der Waals surface area contributed by atoms with Crippen molar-refractivity contribution in [3.63, 3.8) is 0 Å². The Kier molecular flexibility index (Phi) is 2.47. The van der Waals surface area contributed by atoms with E-state index in [0.29, 0.717) is 11.3 Å². The fourth-order valence-corrected chi connectivity index (χ4v) is 1.45. The Morgan fingerprint density at radius 3 is 2.73 bits per heavy atom. The predicted octanol–water partition coefficient (Wildman–Crippen LogP) is 1.17. The molecule has 1 aliphatic heterocycles. The molecular weight excluding hydrogens is 215 g/mol. The first-order valence-corrected chi connectivity index (χ1v) is 4.65. The van der Waals surface area contributed by atoms with E-state index in [9.17, 15) is 9.18 Å². The summed E-state index contributed by atoms with van der Waals surface area (Å²) in [6.07, 6.45) is 1.54. The Morgan fingerprint density at radius 2 is 2.13 bits per heavy atom. The smallest absolute Gasteiger partial charge is 0.273 e. The highest BCUT2D eigenvalue weighted by Crippen LogP contribution is 2.09. The first-order chi connectivity index (χ1) is 7.15. The molecule has 15 heavy (non-hydrogen) atoms. The average molecular weight is 222 g/mol. The Balaban J connectivity index is 2.31. The number of carbonyl (C=O) groups excluding carboxylic acids is 1. The Bertz CT molecular complexity index is 470. The van der Waals surface area contributed by atoms with Crippen molar-refractivity contribution in [2.24, 2.45) is 0 Å². The van der Waals surface area contributed by atoms with Crippen LogP contribution in [-0.4, -0.2) is 11.0 Å². The summed E-state index contributed by atoms with van der Waals surface area (Å²) >= 11 is 4.76. The Hall–Kier alpha value is -1.75. The predicted molar refractivity (Wildman–Crippen MR) is 58.3 cm³/mol. The number of rotatable bonds is 1. The van der Waals surface area contributed by atoms with E-state index in [2.05, 4.69) is 10.6 Å². The minimum absolute atomic E-state index is 0.266. The van der Waals surface area contributed by atoms with E-state index in [1.165, 1.54) is 18.2 Å². The second-order valence-corrected chi connectivity index (χ2v) is 3.43. The number of thiocarbonyl (C=S) groups is 1. The number of carbonyl (C=O) groups is 1. The lowest BCUT2D eigenvalue weighted by atomic mass is 10.2. The van der Waals surface area contributed by atoms with Gasteiger partial charge in [-0.05, 0) is 36.0 Å². The molecule has 0 radical (unpaired) electrons. The van der Waals surface area contributed by atoms with Gasteiger partial charge in [-0.1, -0.05) is 12.1 Å². The van der Waals surface area contributed by atoms with E-state index in [0.717, 1.165) is 0 Å². The molecule has 1 aromatic rings. The summed E-state index contributed by atoms with van der Waals surface area (Å²) in [5, 5.41) is 5.37. The summed E-state index contributed by atoms with van der Waals surface area (Å²) in [5.41, 5.74) is 0.933. The number of halogens is 1. The van der Waals surface area contributed by atoms with Gasteiger partial charge in [0, 0.05) is 0 Å². The maximum Gasteiger partial charge on any atom is 0.273 e. The van der Waals surface area contributed by atoms with Crippen molar-refractivity contribution in [3.8, 4) is 0 Å². The molecule has 1 saturated heterocycles. The largest absolute Gasteiger partial charge is 0.328 e. The molecule has 0 bridgehead atoms. The van der Waals surface area contributed by atoms with Crippen molar-refractivity contribution in [2.75, 3.05) is 0 Å². The maximum absolute atomic E-state index is 12.8. The second-order valence-electron chi connectivity index (χ2n) is 3.02. The zero-order chi connectivity index (χ0) is 10.8. The molecule has 0 atom stereocenters. The molecule has 1 heterocycles. The quantitative estimate of drug-likeness (QED) is 0.553. The summed E-state index contributed by atoms with van der Waals surface area (Å²) < 4.78 is 12.8. The lowest BCUT2D eigenvalue weighted by Gasteiger charge is -1.96. The number of hydrogen-bond acceptors (Lipinski definition) is 2. The van der Waals surface area contributed by atoms with Crippen LogP contribution in [0, 0.1) is 5.82 Å². The van der Waals surface area contributed by atoms with Crippen molar-refractivity contribution in [1.82, 2.24) is 10.6 Å². The number of nitrogens with one attached hydrogen (secondary N) is 2. The molecule has 3 nitrogen and oxygen atoms in total. The molecular formula is C10H7FN2OS. The number of hydrogen-bond donors (Lipinski definition) is 2. The van der Waals surface area contributed by atoms with E-state index in [4.69, 9.17) is 12.2 Å². The van der Waals surface area contributed by atoms with Crippen LogP contribution in [0.1, 0.15) is 5.56 Å². The van der Waals surface area contributed by atoms with Crippen LogP contribution < -0.4 is 10.6 Å². The molecule has 5 heteroatoms. The van der Waals surface area contributed by atoms with Crippen LogP contribution >= 0.6 is 12.2 Å². The van der Waals surface area contributed by atoms with Gasteiger partial charge in [0.1, 0.15) is 11.5 Å². The van der Waals surface area contributed by atoms with Gasteiger partial charge >= 0.3 is 0 Å². The summed E-state index contributed by atoms with van der Waals surface area (Å²) in [6, 6.07) is 5.96. The number of amides is 1. The highest BCUT2D eigenvalue weighted by atomic mass is 32.1. The van der Waals surface area contributed by atoms with E-state index in [1.54, 1.807) is 12.1 Å². The normalized spacial score (nSPS) is 17.8. The minimum atomic E-state index is -0.342. The molecule has 0 saturated carbocycles. The summed E-state index contributed by atoms with van der Waals surface area (Å²) in [5.74, 6) is -0.644. The van der Waals surface area contributed by atoms with Crippen LogP contribution in [0.15, 0.2) is 30.0 Å². The van der Waals surface area contributed by atoms with Crippen LogP contribution in [0.25, 0.3) is 6.08 Å². The minimum Gasteiger partial charge on any atom is -0.328 e. The van der Waals surface area contributed by atoms with Crippen LogP contribution in [0.2, 0.25) is 0 Å². The lowest BCUT2D eigenvalue weighted by Crippen LogP contribution is -2.21. The van der Waals surface area contributed by atoms with Crippen LogP contribution in [0.3, 0.4) is 0 Å². The van der Waals surface area contributed by atoms with Gasteiger partial charge in [0.25, 0.3) is 5.91 Å². The zero-order valence-corrected chi connectivity index (χ0v) is 8.40. The fraction of sp³-hybridized carbons (Fsp3) is 0. The Morgan fingerprint density at radius 1 is 1.33 bits per heavy atom. The summed E-state index contributed by atoms with van der Waals surface area (Å²) in [7, 11) is 0. The van der Waals surface area contributed by atoms with Crippen molar-refractivity contribution >= 4 is 29.3 Å². The zero-order valence-electron chi connectivity index (χ0n) is 7.58. The standard InChI is InChI=1S/C10H7FN2OS/c11-7-3-1-2-6(4-7)5-8-9(14)13-10(15)12-8/h1-5H,(H2,12,13,14,15). The van der Waals surface area contributed by atoms with Crippen molar-refractivity contribution < 1.29 is 9.18 Å². The molecule has 2 rings (SSSR count). The van der Waals surface area contributed by atoms with Gasteiger partial charge in [-0.25, -0.2) is 4.39 Å². The van der Waals surface area contributed by atoms with Crippen LogP contribution in [0.5, 0.6) is 0 Å². The highest BCUT2D eigenvalue weighted by molar-refractivity contribution is 7.80. The van der Waals surface area contributed by atoms with E-state index in [-0.39, 0.29) is 16.8 Å². The third kappa shape index (κ3) is 2.19. The lowest BCUT2D eigenvalue weighted by molar-refractivity contribution is -0.115. The van der Waals surface area contributed by atoms with E-state index < -0.39 is 0 Å². The molecule has 1 aliphatic rings. The molecule has 76 valence electrons. The SMILES string of the molecule is O=C1NC(=S)NC1=Cc1cccc(F)c1. The molecule has 2 N–H and O–H groups in total. The first kappa shape index (κ1) is 9.79. The molecule has 1 fully saturated rings. The van der Waals surface area contributed by atoms with Crippen molar-refractivity contribution in [1.29, 1.82) is 0 Å². The van der Waals surface area contributed by atoms with Gasteiger partial charge in [-0.3, -0.25) is 10.1 Å². The average Bonchev–Trinajstić information content (AvgIpc) is 2.45. The second kappa shape index (κ2) is 3.78. The topological polar surface area (TPSA) is 41.1 Å². The monoisotopic (exact) mass is 222 g/mol. The van der Waals surface area contributed by atoms with E-state index in [1.807, 2.05) is 0 Å². The van der Waals surface area contributed by atoms with Gasteiger partial charge in [0.05, 0.1) is 0 Å². The first-order valence-electron chi connectivity index (χ1n) is 4.25. The molecule has 0 spiro atoms. The molecule has 1 aromatic carbocycles. The molecule has 1 amide bonds. The highest BCUT2D eigenvalue weighted by Gasteiger charge is 2.19. The van der Waals surface area contributed by atoms with Crippen LogP contribution in [-0.2, 0) is 4.79 Å². The van der Waals surface area contributed by atoms with Gasteiger partial charge in [0.2, 0.25) is 0 Å². The van der Waals surface area contributed by atoms with Crippen molar-refractivity contribution in [3.05, 3.63) is 41.3 Å². The number of benzene rings is 1. The fourth-order valence-electron chi connectivity index (χ4n) is 1.25. The molecule has 0 aliphatic carbocycles. The maximum atomic E-state index is 12.8. The van der Waals surface area contributed by atoms with E-state index >= 15 is 0 Å². The van der Waals surface area contributed by atoms with Gasteiger partial charge < -0.3 is 5.32 Å². The van der Waals surface area contributed by atoms with Crippen molar-refractivity contribution in [2.45, 2.75) is 0 Å². The van der Waals surface area contributed by atoms with Gasteiger partial charge in [-0.2, -0.15) is 0 Å². The summed E-state index contributed by atoms with van der Waals surface area (Å²) in [4.78, 5) is 11.3. The summed E-state index contributed by atoms with van der Waals surface area (Å²) in [6.45, 7) is 0.